The van der Waals surface area contributed by atoms with Crippen LogP contribution in [0.3, 0.4) is 0 Å². The summed E-state index contributed by atoms with van der Waals surface area (Å²) in [5, 5.41) is 14.7. The molecule has 4 unspecified atom stereocenters. The lowest BCUT2D eigenvalue weighted by Gasteiger charge is -2.33. The molecule has 0 aliphatic carbocycles. The van der Waals surface area contributed by atoms with Crippen molar-refractivity contribution in [2.24, 2.45) is 28.6 Å². The van der Waals surface area contributed by atoms with E-state index >= 15 is 0 Å². The molecule has 58 heavy (non-hydrogen) atoms. The lowest BCUT2D eigenvalue weighted by molar-refractivity contribution is -0.152. The Morgan fingerprint density at radius 3 is 1.72 bits per heavy atom. The standard InChI is InChI=1S/C44H83N5O9/c1-15-18-19-35(16-2)31-49-38(52)48-30-33(5)27-42(9,10)21-23-46-40(54)58-43(11,12)28-34(6)57-44(13,14)37(51)47-29-32(4)26-41(7,8)20-22-45-39(53)56-25-24-55-36(50)17-3/h17,32-35H,3,15-16,18-31H2,1-2,4-14H3,(H,45,53)(H,46,54)(H,47,51)(H2,48,49,52). The molecule has 0 aromatic heterocycles. The second-order valence-electron chi connectivity index (χ2n) is 18.8. The molecule has 5 amide bonds. The van der Waals surface area contributed by atoms with Crippen molar-refractivity contribution in [3.8, 4) is 0 Å². The van der Waals surface area contributed by atoms with Gasteiger partial charge in [-0.2, -0.15) is 0 Å². The smallest absolute Gasteiger partial charge is 0.407 e. The molecule has 0 rings (SSSR count). The van der Waals surface area contributed by atoms with Crippen molar-refractivity contribution in [1.82, 2.24) is 26.6 Å². The number of carbonyl (C=O) groups is 5. The van der Waals surface area contributed by atoms with Crippen molar-refractivity contribution in [3.05, 3.63) is 12.7 Å². The van der Waals surface area contributed by atoms with E-state index in [0.717, 1.165) is 44.6 Å². The van der Waals surface area contributed by atoms with Gasteiger partial charge in [0.25, 0.3) is 5.91 Å². The zero-order valence-corrected chi connectivity index (χ0v) is 38.6. The van der Waals surface area contributed by atoms with E-state index < -0.39 is 29.4 Å². The molecule has 0 radical (unpaired) electrons. The Morgan fingerprint density at radius 1 is 0.672 bits per heavy atom. The van der Waals surface area contributed by atoms with Crippen molar-refractivity contribution in [2.75, 3.05) is 45.9 Å². The first kappa shape index (κ1) is 54.4. The lowest BCUT2D eigenvalue weighted by atomic mass is 9.80. The first-order valence-electron chi connectivity index (χ1n) is 21.5. The van der Waals surface area contributed by atoms with Crippen LogP contribution in [0, 0.1) is 28.6 Å². The van der Waals surface area contributed by atoms with Gasteiger partial charge in [-0.05, 0) is 95.3 Å². The number of rotatable bonds is 30. The Bertz CT molecular complexity index is 1250. The van der Waals surface area contributed by atoms with Gasteiger partial charge in [0.2, 0.25) is 0 Å². The molecule has 0 spiro atoms. The third-order valence-corrected chi connectivity index (χ3v) is 10.2. The van der Waals surface area contributed by atoms with Crippen LogP contribution < -0.4 is 26.6 Å². The summed E-state index contributed by atoms with van der Waals surface area (Å²) >= 11 is 0. The molecular formula is C44H83N5O9. The normalized spacial score (nSPS) is 14.2. The third kappa shape index (κ3) is 27.2. The number of esters is 1. The van der Waals surface area contributed by atoms with Crippen LogP contribution in [-0.4, -0.2) is 93.3 Å². The summed E-state index contributed by atoms with van der Waals surface area (Å²) in [4.78, 5) is 61.3. The molecule has 338 valence electrons. The molecule has 0 bridgehead atoms. The zero-order valence-electron chi connectivity index (χ0n) is 38.6. The predicted molar refractivity (Wildman–Crippen MR) is 230 cm³/mol. The summed E-state index contributed by atoms with van der Waals surface area (Å²) < 4.78 is 21.7. The van der Waals surface area contributed by atoms with Crippen molar-refractivity contribution in [2.45, 2.75) is 165 Å². The predicted octanol–water partition coefficient (Wildman–Crippen LogP) is 8.04. The fraction of sp³-hybridized carbons (Fsp3) is 0.841. The van der Waals surface area contributed by atoms with E-state index in [1.165, 1.54) is 6.42 Å². The van der Waals surface area contributed by atoms with Gasteiger partial charge in [0, 0.05) is 45.2 Å². The Morgan fingerprint density at radius 2 is 1.19 bits per heavy atom. The molecule has 4 atom stereocenters. The number of alkyl carbamates (subject to hydrolysis) is 2. The van der Waals surface area contributed by atoms with Gasteiger partial charge in [-0.25, -0.2) is 19.2 Å². The Labute approximate surface area is 351 Å². The number of carbonyl (C=O) groups excluding carboxylic acids is 5. The summed E-state index contributed by atoms with van der Waals surface area (Å²) in [5.41, 5.74) is -2.13. The van der Waals surface area contributed by atoms with E-state index in [1.54, 1.807) is 13.8 Å². The van der Waals surface area contributed by atoms with E-state index in [0.29, 0.717) is 51.5 Å². The molecule has 14 heteroatoms. The topological polar surface area (TPSA) is 182 Å². The summed E-state index contributed by atoms with van der Waals surface area (Å²) in [7, 11) is 0. The maximum atomic E-state index is 13.2. The average Bonchev–Trinajstić information content (AvgIpc) is 3.09. The Kier molecular flexibility index (Phi) is 25.6. The minimum atomic E-state index is -1.12. The molecule has 0 aliphatic heterocycles. The highest BCUT2D eigenvalue weighted by Gasteiger charge is 2.34. The van der Waals surface area contributed by atoms with E-state index in [2.05, 4.69) is 88.6 Å². The highest BCUT2D eigenvalue weighted by atomic mass is 16.6. The zero-order chi connectivity index (χ0) is 44.6. The highest BCUT2D eigenvalue weighted by molar-refractivity contribution is 5.84. The van der Waals surface area contributed by atoms with Gasteiger partial charge in [-0.15, -0.1) is 0 Å². The van der Waals surface area contributed by atoms with Crippen molar-refractivity contribution in [3.63, 3.8) is 0 Å². The van der Waals surface area contributed by atoms with Crippen LogP contribution in [-0.2, 0) is 28.5 Å². The maximum absolute atomic E-state index is 13.2. The summed E-state index contributed by atoms with van der Waals surface area (Å²) in [5.74, 6) is 0.136. The van der Waals surface area contributed by atoms with Gasteiger partial charge in [0.05, 0.1) is 6.10 Å². The third-order valence-electron chi connectivity index (χ3n) is 10.2. The molecule has 0 aromatic carbocycles. The molecule has 5 N–H and O–H groups in total. The van der Waals surface area contributed by atoms with Crippen LogP contribution in [0.2, 0.25) is 0 Å². The Balaban J connectivity index is 4.58. The van der Waals surface area contributed by atoms with E-state index in [1.807, 2.05) is 20.8 Å². The number of unbranched alkanes of at least 4 members (excludes halogenated alkanes) is 1. The van der Waals surface area contributed by atoms with Gasteiger partial charge in [0.15, 0.2) is 0 Å². The first-order valence-corrected chi connectivity index (χ1v) is 21.5. The largest absolute Gasteiger partial charge is 0.459 e. The van der Waals surface area contributed by atoms with Crippen molar-refractivity contribution in [1.29, 1.82) is 0 Å². The molecule has 0 aliphatic rings. The molecule has 0 saturated heterocycles. The molecule has 0 heterocycles. The number of nitrogens with one attached hydrogen (secondary N) is 5. The number of amides is 5. The van der Waals surface area contributed by atoms with Crippen LogP contribution in [0.1, 0.15) is 148 Å². The van der Waals surface area contributed by atoms with Gasteiger partial charge in [-0.1, -0.05) is 81.2 Å². The number of hydrogen-bond donors (Lipinski definition) is 5. The fourth-order valence-electron chi connectivity index (χ4n) is 7.24. The van der Waals surface area contributed by atoms with Crippen LogP contribution in [0.25, 0.3) is 0 Å². The van der Waals surface area contributed by atoms with Crippen LogP contribution in [0.15, 0.2) is 12.7 Å². The second-order valence-corrected chi connectivity index (χ2v) is 18.8. The summed E-state index contributed by atoms with van der Waals surface area (Å²) in [6.07, 6.45) is 7.65. The first-order chi connectivity index (χ1) is 26.9. The molecule has 0 saturated carbocycles. The molecule has 0 fully saturated rings. The van der Waals surface area contributed by atoms with E-state index in [4.69, 9.17) is 18.9 Å². The van der Waals surface area contributed by atoms with Crippen molar-refractivity contribution < 1.29 is 42.9 Å². The quantitative estimate of drug-likeness (QED) is 0.0207. The van der Waals surface area contributed by atoms with Crippen LogP contribution in [0.4, 0.5) is 14.4 Å². The van der Waals surface area contributed by atoms with Gasteiger partial charge >= 0.3 is 24.2 Å². The molecule has 14 nitrogen and oxygen atoms in total. The maximum Gasteiger partial charge on any atom is 0.407 e. The van der Waals surface area contributed by atoms with Gasteiger partial charge < -0.3 is 45.5 Å². The number of ether oxygens (including phenoxy) is 4. The van der Waals surface area contributed by atoms with Crippen LogP contribution >= 0.6 is 0 Å². The highest BCUT2D eigenvalue weighted by Crippen LogP contribution is 2.30. The molecule has 0 aromatic rings. The van der Waals surface area contributed by atoms with Gasteiger partial charge in [-0.3, -0.25) is 4.79 Å². The summed E-state index contributed by atoms with van der Waals surface area (Å²) in [6, 6.07) is -0.116. The summed E-state index contributed by atoms with van der Waals surface area (Å²) in [6.45, 7) is 31.9. The average molecular weight is 826 g/mol. The molecular weight excluding hydrogens is 743 g/mol. The lowest BCUT2D eigenvalue weighted by Crippen LogP contribution is -2.48. The minimum Gasteiger partial charge on any atom is -0.459 e. The van der Waals surface area contributed by atoms with Crippen molar-refractivity contribution >= 4 is 30.1 Å². The number of hydrogen-bond acceptors (Lipinski definition) is 9. The SMILES string of the molecule is C=CC(=O)OCCOC(=O)NCCC(C)(C)CC(C)CNC(=O)C(C)(C)OC(C)CC(C)(C)OC(=O)NCCC(C)(C)CC(C)CNC(=O)NCC(CC)CCCC. The minimum absolute atomic E-state index is 0.0398. The van der Waals surface area contributed by atoms with E-state index in [9.17, 15) is 24.0 Å². The van der Waals surface area contributed by atoms with E-state index in [-0.39, 0.29) is 53.9 Å². The second kappa shape index (κ2) is 27.3. The Hall–Kier alpha value is -3.55. The fourth-order valence-corrected chi connectivity index (χ4v) is 7.24. The van der Waals surface area contributed by atoms with Gasteiger partial charge in [0.1, 0.15) is 24.4 Å². The number of urea groups is 1. The monoisotopic (exact) mass is 826 g/mol. The van der Waals surface area contributed by atoms with Crippen LogP contribution in [0.5, 0.6) is 0 Å².